The monoisotopic (exact) mass is 396 g/mol. The molecule has 28 heavy (non-hydrogen) atoms. The zero-order valence-electron chi connectivity index (χ0n) is 14.8. The van der Waals surface area contributed by atoms with Crippen LogP contribution in [0.3, 0.4) is 0 Å². The first-order chi connectivity index (χ1) is 13.6. The Labute approximate surface area is 166 Å². The molecule has 0 spiro atoms. The number of carbonyl (C=O) groups excluding carboxylic acids is 2. The molecule has 142 valence electrons. The second kappa shape index (κ2) is 7.77. The lowest BCUT2D eigenvalue weighted by Gasteiger charge is -2.17. The van der Waals surface area contributed by atoms with Gasteiger partial charge in [0.2, 0.25) is 11.8 Å². The summed E-state index contributed by atoms with van der Waals surface area (Å²) in [6.07, 6.45) is 1.68. The third kappa shape index (κ3) is 3.86. The number of hydrogen-bond acceptors (Lipinski definition) is 5. The zero-order chi connectivity index (χ0) is 19.5. The average molecular weight is 397 g/mol. The van der Waals surface area contributed by atoms with Crippen LogP contribution in [-0.2, 0) is 16.1 Å². The van der Waals surface area contributed by atoms with Gasteiger partial charge in [0.25, 0.3) is 0 Å². The van der Waals surface area contributed by atoms with E-state index in [-0.39, 0.29) is 18.2 Å². The van der Waals surface area contributed by atoms with E-state index in [1.54, 1.807) is 35.2 Å². The molecule has 3 aromatic rings. The number of benzene rings is 2. The molecule has 9 heteroatoms. The van der Waals surface area contributed by atoms with Crippen molar-refractivity contribution in [2.75, 3.05) is 11.9 Å². The second-order valence-electron chi connectivity index (χ2n) is 6.56. The van der Waals surface area contributed by atoms with Crippen LogP contribution in [0.5, 0.6) is 0 Å². The van der Waals surface area contributed by atoms with Crippen molar-refractivity contribution in [3.63, 3.8) is 0 Å². The summed E-state index contributed by atoms with van der Waals surface area (Å²) in [7, 11) is 0. The SMILES string of the molecule is O=C(Nc1ccc(-n2cnnn2)cc1)[C@H]1CC(=O)N(Cc2ccccc2Cl)C1. The van der Waals surface area contributed by atoms with E-state index in [0.29, 0.717) is 23.8 Å². The molecule has 0 bridgehead atoms. The fourth-order valence-corrected chi connectivity index (χ4v) is 3.35. The van der Waals surface area contributed by atoms with Crippen LogP contribution >= 0.6 is 11.6 Å². The predicted molar refractivity (Wildman–Crippen MR) is 103 cm³/mol. The van der Waals surface area contributed by atoms with E-state index in [1.807, 2.05) is 18.2 Å². The van der Waals surface area contributed by atoms with Crippen molar-refractivity contribution in [3.05, 3.63) is 65.4 Å². The number of aromatic nitrogens is 4. The van der Waals surface area contributed by atoms with Crippen LogP contribution in [0.4, 0.5) is 5.69 Å². The number of halogens is 1. The number of tetrazole rings is 1. The molecule has 0 unspecified atom stereocenters. The van der Waals surface area contributed by atoms with Crippen LogP contribution in [0.1, 0.15) is 12.0 Å². The minimum atomic E-state index is -0.394. The first-order valence-electron chi connectivity index (χ1n) is 8.75. The maximum atomic E-state index is 12.6. The number of amides is 2. The van der Waals surface area contributed by atoms with Gasteiger partial charge in [0.15, 0.2) is 0 Å². The Kier molecular flexibility index (Phi) is 5.03. The molecule has 8 nitrogen and oxygen atoms in total. The van der Waals surface area contributed by atoms with Gasteiger partial charge in [-0.25, -0.2) is 4.68 Å². The first kappa shape index (κ1) is 18.1. The highest BCUT2D eigenvalue weighted by atomic mass is 35.5. The number of carbonyl (C=O) groups is 2. The minimum absolute atomic E-state index is 0.0471. The predicted octanol–water partition coefficient (Wildman–Crippen LogP) is 2.30. The molecule has 2 heterocycles. The van der Waals surface area contributed by atoms with Gasteiger partial charge in [0, 0.05) is 30.2 Å². The van der Waals surface area contributed by atoms with Gasteiger partial charge in [-0.2, -0.15) is 0 Å². The largest absolute Gasteiger partial charge is 0.337 e. The summed E-state index contributed by atoms with van der Waals surface area (Å²) in [4.78, 5) is 26.6. The highest BCUT2D eigenvalue weighted by molar-refractivity contribution is 6.31. The molecule has 1 saturated heterocycles. The van der Waals surface area contributed by atoms with Crippen molar-refractivity contribution in [2.24, 2.45) is 5.92 Å². The van der Waals surface area contributed by atoms with Crippen molar-refractivity contribution in [1.82, 2.24) is 25.1 Å². The second-order valence-corrected chi connectivity index (χ2v) is 6.96. The summed E-state index contributed by atoms with van der Waals surface area (Å²) >= 11 is 6.18. The molecule has 0 saturated carbocycles. The van der Waals surface area contributed by atoms with Crippen LogP contribution in [0.25, 0.3) is 5.69 Å². The third-order valence-corrected chi connectivity index (χ3v) is 5.02. The van der Waals surface area contributed by atoms with Crippen molar-refractivity contribution in [1.29, 1.82) is 0 Å². The molecule has 4 rings (SSSR count). The molecular weight excluding hydrogens is 380 g/mol. The number of anilines is 1. The maximum Gasteiger partial charge on any atom is 0.229 e. The third-order valence-electron chi connectivity index (χ3n) is 4.65. The van der Waals surface area contributed by atoms with Gasteiger partial charge >= 0.3 is 0 Å². The van der Waals surface area contributed by atoms with E-state index < -0.39 is 5.92 Å². The number of nitrogens with zero attached hydrogens (tertiary/aromatic N) is 5. The van der Waals surface area contributed by atoms with E-state index in [1.165, 1.54) is 11.0 Å². The van der Waals surface area contributed by atoms with Crippen molar-refractivity contribution in [2.45, 2.75) is 13.0 Å². The molecule has 1 aromatic heterocycles. The highest BCUT2D eigenvalue weighted by Crippen LogP contribution is 2.24. The quantitative estimate of drug-likeness (QED) is 0.714. The molecule has 1 fully saturated rings. The Balaban J connectivity index is 1.37. The van der Waals surface area contributed by atoms with Gasteiger partial charge in [-0.3, -0.25) is 9.59 Å². The van der Waals surface area contributed by atoms with Crippen LogP contribution in [0, 0.1) is 5.92 Å². The maximum absolute atomic E-state index is 12.6. The van der Waals surface area contributed by atoms with E-state index in [9.17, 15) is 9.59 Å². The molecule has 2 aromatic carbocycles. The molecule has 1 atom stereocenters. The Hall–Kier alpha value is -3.26. The van der Waals surface area contributed by atoms with Crippen LogP contribution < -0.4 is 5.32 Å². The van der Waals surface area contributed by atoms with Gasteiger partial charge < -0.3 is 10.2 Å². The van der Waals surface area contributed by atoms with Crippen LogP contribution in [-0.4, -0.2) is 43.5 Å². The van der Waals surface area contributed by atoms with Crippen LogP contribution in [0.15, 0.2) is 54.9 Å². The van der Waals surface area contributed by atoms with Crippen LogP contribution in [0.2, 0.25) is 5.02 Å². The Morgan fingerprint density at radius 2 is 1.96 bits per heavy atom. The van der Waals surface area contributed by atoms with E-state index in [2.05, 4.69) is 20.8 Å². The highest BCUT2D eigenvalue weighted by Gasteiger charge is 2.34. The van der Waals surface area contributed by atoms with Gasteiger partial charge in [0.1, 0.15) is 6.33 Å². The Morgan fingerprint density at radius 3 is 2.68 bits per heavy atom. The molecule has 1 N–H and O–H groups in total. The lowest BCUT2D eigenvalue weighted by atomic mass is 10.1. The molecule has 0 radical (unpaired) electrons. The molecular formula is C19H17ClN6O2. The van der Waals surface area contributed by atoms with Gasteiger partial charge in [-0.05, 0) is 46.3 Å². The van der Waals surface area contributed by atoms with Gasteiger partial charge in [-0.1, -0.05) is 29.8 Å². The summed E-state index contributed by atoms with van der Waals surface area (Å²) in [5.74, 6) is -0.617. The lowest BCUT2D eigenvalue weighted by Crippen LogP contribution is -2.28. The molecule has 0 aliphatic carbocycles. The topological polar surface area (TPSA) is 93.0 Å². The average Bonchev–Trinajstić information content (AvgIpc) is 3.35. The fourth-order valence-electron chi connectivity index (χ4n) is 3.15. The smallest absolute Gasteiger partial charge is 0.229 e. The minimum Gasteiger partial charge on any atom is -0.337 e. The molecule has 1 aliphatic rings. The number of nitrogens with one attached hydrogen (secondary N) is 1. The summed E-state index contributed by atoms with van der Waals surface area (Å²) in [6, 6.07) is 14.5. The van der Waals surface area contributed by atoms with E-state index in [4.69, 9.17) is 11.6 Å². The summed E-state index contributed by atoms with van der Waals surface area (Å²) < 4.78 is 1.52. The van der Waals surface area contributed by atoms with Crippen molar-refractivity contribution < 1.29 is 9.59 Å². The normalized spacial score (nSPS) is 16.4. The molecule has 2 amide bonds. The number of rotatable bonds is 5. The van der Waals surface area contributed by atoms with Crippen molar-refractivity contribution in [3.8, 4) is 5.69 Å². The number of likely N-dealkylation sites (tertiary alicyclic amines) is 1. The summed E-state index contributed by atoms with van der Waals surface area (Å²) in [5, 5.41) is 14.5. The van der Waals surface area contributed by atoms with E-state index >= 15 is 0 Å². The molecule has 1 aliphatic heterocycles. The fraction of sp³-hybridized carbons (Fsp3) is 0.211. The summed E-state index contributed by atoms with van der Waals surface area (Å²) in [5.41, 5.74) is 2.31. The van der Waals surface area contributed by atoms with E-state index in [0.717, 1.165) is 11.3 Å². The Morgan fingerprint density at radius 1 is 1.18 bits per heavy atom. The standard InChI is InChI=1S/C19H17ClN6O2/c20-17-4-2-1-3-13(17)10-25-11-14(9-18(25)27)19(28)22-15-5-7-16(8-6-15)26-12-21-23-24-26/h1-8,12,14H,9-11H2,(H,22,28)/t14-/m0/s1. The zero-order valence-corrected chi connectivity index (χ0v) is 15.6. The number of hydrogen-bond donors (Lipinski definition) is 1. The first-order valence-corrected chi connectivity index (χ1v) is 9.13. The van der Waals surface area contributed by atoms with Gasteiger partial charge in [0.05, 0.1) is 11.6 Å². The Bertz CT molecular complexity index is 990. The lowest BCUT2D eigenvalue weighted by molar-refractivity contribution is -0.128. The van der Waals surface area contributed by atoms with Crippen molar-refractivity contribution >= 4 is 29.1 Å². The summed E-state index contributed by atoms with van der Waals surface area (Å²) in [6.45, 7) is 0.779. The van der Waals surface area contributed by atoms with Gasteiger partial charge in [-0.15, -0.1) is 5.10 Å².